The summed E-state index contributed by atoms with van der Waals surface area (Å²) in [5.41, 5.74) is 6.67. The highest BCUT2D eigenvalue weighted by molar-refractivity contribution is 5.69. The second-order valence-electron chi connectivity index (χ2n) is 3.93. The summed E-state index contributed by atoms with van der Waals surface area (Å²) in [6, 6.07) is 9.66. The second-order valence-corrected chi connectivity index (χ2v) is 3.93. The quantitative estimate of drug-likeness (QED) is 0.555. The van der Waals surface area contributed by atoms with Crippen molar-refractivity contribution in [1.82, 2.24) is 5.32 Å². The van der Waals surface area contributed by atoms with E-state index in [1.807, 2.05) is 30.3 Å². The lowest BCUT2D eigenvalue weighted by Gasteiger charge is -2.09. The first kappa shape index (κ1) is 13.7. The van der Waals surface area contributed by atoms with Gasteiger partial charge in [0.25, 0.3) is 0 Å². The van der Waals surface area contributed by atoms with Crippen LogP contribution in [-0.2, 0) is 16.1 Å². The lowest BCUT2D eigenvalue weighted by atomic mass is 10.2. The van der Waals surface area contributed by atoms with E-state index in [0.717, 1.165) is 18.4 Å². The average Bonchev–Trinajstić information content (AvgIpc) is 2.37. The number of nitrogens with two attached hydrogens (primary N) is 1. The molecule has 0 radical (unpaired) electrons. The van der Waals surface area contributed by atoms with Crippen molar-refractivity contribution in [3.05, 3.63) is 35.9 Å². The number of carbonyl (C=O) groups is 1. The van der Waals surface area contributed by atoms with Crippen LogP contribution in [0.25, 0.3) is 0 Å². The predicted octanol–water partition coefficient (Wildman–Crippen LogP) is 1.40. The van der Waals surface area contributed by atoms with Gasteiger partial charge in [-0.2, -0.15) is 0 Å². The number of esters is 1. The van der Waals surface area contributed by atoms with Gasteiger partial charge in [0.2, 0.25) is 0 Å². The van der Waals surface area contributed by atoms with Crippen molar-refractivity contribution in [3.63, 3.8) is 0 Å². The Balaban J connectivity index is 2.13. The van der Waals surface area contributed by atoms with E-state index >= 15 is 0 Å². The van der Waals surface area contributed by atoms with Gasteiger partial charge in [0.15, 0.2) is 0 Å². The smallest absolute Gasteiger partial charge is 0.306 e. The lowest BCUT2D eigenvalue weighted by molar-refractivity contribution is -0.145. The number of hydrogen-bond acceptors (Lipinski definition) is 4. The molecule has 0 aliphatic rings. The molecular weight excluding hydrogens is 216 g/mol. The molecule has 17 heavy (non-hydrogen) atoms. The van der Waals surface area contributed by atoms with Crippen molar-refractivity contribution in [1.29, 1.82) is 0 Å². The molecule has 0 fully saturated rings. The topological polar surface area (TPSA) is 64.3 Å². The summed E-state index contributed by atoms with van der Waals surface area (Å²) in [5, 5.41) is 2.92. The van der Waals surface area contributed by atoms with Crippen molar-refractivity contribution in [2.24, 2.45) is 5.73 Å². The van der Waals surface area contributed by atoms with Crippen LogP contribution in [0, 0.1) is 0 Å². The Morgan fingerprint density at radius 2 is 2.12 bits per heavy atom. The molecule has 3 N–H and O–H groups in total. The fourth-order valence-corrected chi connectivity index (χ4v) is 1.42. The number of carbonyl (C=O) groups excluding carboxylic acids is 1. The Bertz CT molecular complexity index is 327. The second kappa shape index (κ2) is 7.81. The summed E-state index contributed by atoms with van der Waals surface area (Å²) >= 11 is 0. The van der Waals surface area contributed by atoms with Crippen LogP contribution in [0.3, 0.4) is 0 Å². The molecule has 0 spiro atoms. The summed E-state index contributed by atoms with van der Waals surface area (Å²) in [6.07, 6.45) is 1.89. The number of nitrogens with one attached hydrogen (secondary N) is 1. The Morgan fingerprint density at radius 3 is 2.76 bits per heavy atom. The van der Waals surface area contributed by atoms with Crippen LogP contribution in [0.2, 0.25) is 0 Å². The van der Waals surface area contributed by atoms with Crippen LogP contribution >= 0.6 is 0 Å². The van der Waals surface area contributed by atoms with Gasteiger partial charge in [-0.05, 0) is 25.5 Å². The van der Waals surface area contributed by atoms with Crippen LogP contribution in [0.4, 0.5) is 0 Å². The first-order valence-corrected chi connectivity index (χ1v) is 5.84. The minimum Gasteiger partial charge on any atom is -0.461 e. The van der Waals surface area contributed by atoms with Gasteiger partial charge < -0.3 is 15.8 Å². The number of rotatable bonds is 7. The number of ether oxygens (including phenoxy) is 1. The molecule has 1 atom stereocenters. The predicted molar refractivity (Wildman–Crippen MR) is 67.1 cm³/mol. The number of benzene rings is 1. The van der Waals surface area contributed by atoms with E-state index in [1.54, 1.807) is 7.05 Å². The lowest BCUT2D eigenvalue weighted by Crippen LogP contribution is -2.34. The molecular formula is C13H20N2O2. The fourth-order valence-electron chi connectivity index (χ4n) is 1.42. The van der Waals surface area contributed by atoms with E-state index in [1.165, 1.54) is 0 Å². The third kappa shape index (κ3) is 6.04. The van der Waals surface area contributed by atoms with Gasteiger partial charge in [-0.25, -0.2) is 0 Å². The first-order valence-electron chi connectivity index (χ1n) is 5.84. The molecule has 0 unspecified atom stereocenters. The van der Waals surface area contributed by atoms with Gasteiger partial charge in [-0.3, -0.25) is 4.79 Å². The Hall–Kier alpha value is -1.39. The molecule has 0 saturated heterocycles. The highest BCUT2D eigenvalue weighted by Crippen LogP contribution is 2.04. The monoisotopic (exact) mass is 236 g/mol. The highest BCUT2D eigenvalue weighted by Gasteiger charge is 2.05. The summed E-state index contributed by atoms with van der Waals surface area (Å²) in [6.45, 7) is 0.345. The molecule has 0 aromatic heterocycles. The molecule has 0 aliphatic carbocycles. The molecule has 0 amide bonds. The van der Waals surface area contributed by atoms with Gasteiger partial charge in [-0.1, -0.05) is 30.3 Å². The summed E-state index contributed by atoms with van der Waals surface area (Å²) in [7, 11) is 1.80. The number of hydrogen-bond donors (Lipinski definition) is 2. The van der Waals surface area contributed by atoms with Gasteiger partial charge in [0.05, 0.1) is 6.17 Å². The minimum absolute atomic E-state index is 0.0445. The van der Waals surface area contributed by atoms with E-state index in [0.29, 0.717) is 13.0 Å². The van der Waals surface area contributed by atoms with Gasteiger partial charge >= 0.3 is 5.97 Å². The van der Waals surface area contributed by atoms with Crippen LogP contribution in [0.1, 0.15) is 24.8 Å². The largest absolute Gasteiger partial charge is 0.461 e. The molecule has 0 aliphatic heterocycles. The van der Waals surface area contributed by atoms with E-state index in [-0.39, 0.29) is 12.1 Å². The van der Waals surface area contributed by atoms with Crippen molar-refractivity contribution >= 4 is 5.97 Å². The maximum Gasteiger partial charge on any atom is 0.306 e. The Morgan fingerprint density at radius 1 is 1.41 bits per heavy atom. The van der Waals surface area contributed by atoms with Crippen molar-refractivity contribution in [2.45, 2.75) is 32.0 Å². The average molecular weight is 236 g/mol. The molecule has 1 aromatic carbocycles. The molecule has 1 rings (SSSR count). The van der Waals surface area contributed by atoms with Gasteiger partial charge in [0.1, 0.15) is 6.61 Å². The van der Waals surface area contributed by atoms with Crippen LogP contribution < -0.4 is 11.1 Å². The van der Waals surface area contributed by atoms with Crippen molar-refractivity contribution < 1.29 is 9.53 Å². The zero-order valence-corrected chi connectivity index (χ0v) is 10.2. The normalized spacial score (nSPS) is 12.1. The van der Waals surface area contributed by atoms with Gasteiger partial charge in [0, 0.05) is 6.42 Å². The van der Waals surface area contributed by atoms with Gasteiger partial charge in [-0.15, -0.1) is 0 Å². The zero-order chi connectivity index (χ0) is 12.5. The molecule has 94 valence electrons. The fraction of sp³-hybridized carbons (Fsp3) is 0.462. The Labute approximate surface area is 102 Å². The molecule has 4 nitrogen and oxygen atoms in total. The standard InChI is InChI=1S/C13H20N2O2/c1-15-12(14)8-5-9-13(16)17-10-11-6-3-2-4-7-11/h2-4,6-7,12,15H,5,8-10,14H2,1H3/t12-/m1/s1. The summed E-state index contributed by atoms with van der Waals surface area (Å²) in [5.74, 6) is -0.169. The summed E-state index contributed by atoms with van der Waals surface area (Å²) in [4.78, 5) is 11.4. The van der Waals surface area contributed by atoms with E-state index in [2.05, 4.69) is 5.32 Å². The van der Waals surface area contributed by atoms with Crippen LogP contribution in [0.5, 0.6) is 0 Å². The molecule has 4 heteroatoms. The SMILES string of the molecule is CN[C@@H](N)CCCC(=O)OCc1ccccc1. The summed E-state index contributed by atoms with van der Waals surface area (Å²) < 4.78 is 5.14. The third-order valence-corrected chi connectivity index (χ3v) is 2.51. The van der Waals surface area contributed by atoms with Crippen LogP contribution in [0.15, 0.2) is 30.3 Å². The van der Waals surface area contributed by atoms with Crippen molar-refractivity contribution in [3.8, 4) is 0 Å². The highest BCUT2D eigenvalue weighted by atomic mass is 16.5. The molecule has 0 saturated carbocycles. The Kier molecular flexibility index (Phi) is 6.29. The maximum atomic E-state index is 11.4. The van der Waals surface area contributed by atoms with Crippen LogP contribution in [-0.4, -0.2) is 19.2 Å². The molecule has 0 bridgehead atoms. The zero-order valence-electron chi connectivity index (χ0n) is 10.2. The van der Waals surface area contributed by atoms with E-state index < -0.39 is 0 Å². The molecule has 0 heterocycles. The van der Waals surface area contributed by atoms with E-state index in [9.17, 15) is 4.79 Å². The molecule has 1 aromatic rings. The van der Waals surface area contributed by atoms with Crippen molar-refractivity contribution in [2.75, 3.05) is 7.05 Å². The maximum absolute atomic E-state index is 11.4. The van der Waals surface area contributed by atoms with E-state index in [4.69, 9.17) is 10.5 Å². The first-order chi connectivity index (χ1) is 8.22. The third-order valence-electron chi connectivity index (χ3n) is 2.51. The minimum atomic E-state index is -0.169.